The van der Waals surface area contributed by atoms with Crippen LogP contribution in [-0.2, 0) is 4.79 Å². The number of nitrogens with one attached hydrogen (secondary N) is 2. The molecule has 15 heavy (non-hydrogen) atoms. The smallest absolute Gasteiger partial charge is 0.325 e. The lowest BCUT2D eigenvalue weighted by Crippen LogP contribution is -2.48. The molecule has 0 spiro atoms. The van der Waals surface area contributed by atoms with Gasteiger partial charge in [-0.2, -0.15) is 0 Å². The van der Waals surface area contributed by atoms with Crippen LogP contribution in [0.25, 0.3) is 0 Å². The van der Waals surface area contributed by atoms with Gasteiger partial charge in [0.2, 0.25) is 0 Å². The predicted octanol–water partition coefficient (Wildman–Crippen LogP) is 1.26. The van der Waals surface area contributed by atoms with Crippen molar-refractivity contribution < 1.29 is 9.90 Å². The van der Waals surface area contributed by atoms with E-state index in [0.29, 0.717) is 11.2 Å². The number of hydrogen-bond acceptors (Lipinski definition) is 2. The molecule has 1 aliphatic carbocycles. The zero-order chi connectivity index (χ0) is 11.3. The van der Waals surface area contributed by atoms with E-state index in [2.05, 4.69) is 10.6 Å². The van der Waals surface area contributed by atoms with Crippen LogP contribution < -0.4 is 10.6 Å². The molecular weight excluding hydrogens is 212 g/mol. The Morgan fingerprint density at radius 3 is 2.53 bits per heavy atom. The number of hydrogen-bond donors (Lipinski definition) is 3. The summed E-state index contributed by atoms with van der Waals surface area (Å²) in [5, 5.41) is 15.1. The molecule has 86 valence electrons. The molecule has 1 saturated carbocycles. The molecule has 1 fully saturated rings. The van der Waals surface area contributed by atoms with Crippen molar-refractivity contribution in [3.63, 3.8) is 0 Å². The fourth-order valence-electron chi connectivity index (χ4n) is 1.73. The lowest BCUT2D eigenvalue weighted by atomic mass is 9.96. The third-order valence-electron chi connectivity index (χ3n) is 2.66. The average molecular weight is 230 g/mol. The average Bonchev–Trinajstić information content (AvgIpc) is 2.18. The minimum atomic E-state index is -0.886. The molecule has 0 aromatic rings. The van der Waals surface area contributed by atoms with Gasteiger partial charge in [-0.1, -0.05) is 19.3 Å². The lowest BCUT2D eigenvalue weighted by molar-refractivity contribution is -0.138. The predicted molar refractivity (Wildman–Crippen MR) is 62.8 cm³/mol. The van der Waals surface area contributed by atoms with Gasteiger partial charge in [0.05, 0.1) is 0 Å². The monoisotopic (exact) mass is 230 g/mol. The van der Waals surface area contributed by atoms with Gasteiger partial charge in [-0.05, 0) is 32.0 Å². The first-order valence-electron chi connectivity index (χ1n) is 5.39. The molecule has 1 atom stereocenters. The maximum atomic E-state index is 10.6. The van der Waals surface area contributed by atoms with Crippen LogP contribution in [0.2, 0.25) is 0 Å². The number of carboxylic acid groups (broad SMARTS) is 1. The van der Waals surface area contributed by atoms with Gasteiger partial charge in [-0.15, -0.1) is 0 Å². The summed E-state index contributed by atoms with van der Waals surface area (Å²) in [6.45, 7) is 1.58. The molecule has 0 aromatic carbocycles. The van der Waals surface area contributed by atoms with Gasteiger partial charge in [-0.25, -0.2) is 0 Å². The van der Waals surface area contributed by atoms with Crippen molar-refractivity contribution in [1.82, 2.24) is 10.6 Å². The first-order valence-corrected chi connectivity index (χ1v) is 5.80. The minimum absolute atomic E-state index is 0.416. The van der Waals surface area contributed by atoms with E-state index in [0.717, 1.165) is 12.8 Å². The minimum Gasteiger partial charge on any atom is -0.480 e. The number of aliphatic carboxylic acids is 1. The van der Waals surface area contributed by atoms with Crippen molar-refractivity contribution in [2.75, 3.05) is 0 Å². The molecule has 0 amide bonds. The molecule has 0 aromatic heterocycles. The molecular formula is C10H18N2O2S. The highest BCUT2D eigenvalue weighted by Gasteiger charge is 2.16. The van der Waals surface area contributed by atoms with E-state index in [1.807, 2.05) is 0 Å². The zero-order valence-electron chi connectivity index (χ0n) is 8.95. The molecule has 0 aliphatic heterocycles. The molecule has 5 heteroatoms. The van der Waals surface area contributed by atoms with Crippen LogP contribution in [0, 0.1) is 0 Å². The molecule has 0 bridgehead atoms. The Hall–Kier alpha value is -0.840. The summed E-state index contributed by atoms with van der Waals surface area (Å²) in [6.07, 6.45) is 6.01. The second-order valence-corrected chi connectivity index (χ2v) is 4.42. The van der Waals surface area contributed by atoms with Crippen molar-refractivity contribution in [3.05, 3.63) is 0 Å². The van der Waals surface area contributed by atoms with E-state index >= 15 is 0 Å². The first-order chi connectivity index (χ1) is 7.09. The topological polar surface area (TPSA) is 61.4 Å². The Morgan fingerprint density at radius 2 is 2.00 bits per heavy atom. The quantitative estimate of drug-likeness (QED) is 0.637. The molecule has 1 aliphatic rings. The van der Waals surface area contributed by atoms with Crippen molar-refractivity contribution in [1.29, 1.82) is 0 Å². The molecule has 0 heterocycles. The highest BCUT2D eigenvalue weighted by molar-refractivity contribution is 7.80. The fraction of sp³-hybridized carbons (Fsp3) is 0.800. The van der Waals surface area contributed by atoms with Crippen LogP contribution >= 0.6 is 12.2 Å². The number of carbonyl (C=O) groups is 1. The maximum Gasteiger partial charge on any atom is 0.325 e. The largest absolute Gasteiger partial charge is 0.480 e. The van der Waals surface area contributed by atoms with E-state index < -0.39 is 12.0 Å². The summed E-state index contributed by atoms with van der Waals surface area (Å²) >= 11 is 5.04. The third-order valence-corrected chi connectivity index (χ3v) is 2.89. The fourth-order valence-corrected chi connectivity index (χ4v) is 2.08. The number of carboxylic acids is 1. The molecule has 1 rings (SSSR count). The van der Waals surface area contributed by atoms with Crippen LogP contribution in [0.1, 0.15) is 39.0 Å². The molecule has 3 N–H and O–H groups in total. The van der Waals surface area contributed by atoms with Crippen molar-refractivity contribution >= 4 is 23.3 Å². The van der Waals surface area contributed by atoms with Gasteiger partial charge in [0, 0.05) is 6.04 Å². The van der Waals surface area contributed by atoms with E-state index in [1.165, 1.54) is 19.3 Å². The summed E-state index contributed by atoms with van der Waals surface area (Å²) in [5.41, 5.74) is 0. The second-order valence-electron chi connectivity index (χ2n) is 4.01. The van der Waals surface area contributed by atoms with Gasteiger partial charge in [-0.3, -0.25) is 4.79 Å². The van der Waals surface area contributed by atoms with Crippen molar-refractivity contribution in [2.45, 2.75) is 51.1 Å². The Bertz CT molecular complexity index is 240. The number of rotatable bonds is 3. The summed E-state index contributed by atoms with van der Waals surface area (Å²) in [6, 6.07) is -0.215. The van der Waals surface area contributed by atoms with Gasteiger partial charge >= 0.3 is 5.97 Å². The van der Waals surface area contributed by atoms with Crippen LogP contribution in [0.3, 0.4) is 0 Å². The maximum absolute atomic E-state index is 10.6. The van der Waals surface area contributed by atoms with Crippen molar-refractivity contribution in [3.8, 4) is 0 Å². The SMILES string of the molecule is C[C@H](NC(=S)NC1CCCCC1)C(=O)O. The molecule has 0 unspecified atom stereocenters. The van der Waals surface area contributed by atoms with E-state index in [1.54, 1.807) is 6.92 Å². The van der Waals surface area contributed by atoms with Gasteiger partial charge < -0.3 is 15.7 Å². The molecule has 0 radical (unpaired) electrons. The highest BCUT2D eigenvalue weighted by Crippen LogP contribution is 2.17. The van der Waals surface area contributed by atoms with Gasteiger partial charge in [0.25, 0.3) is 0 Å². The highest BCUT2D eigenvalue weighted by atomic mass is 32.1. The third kappa shape index (κ3) is 4.46. The molecule has 4 nitrogen and oxygen atoms in total. The van der Waals surface area contributed by atoms with Crippen LogP contribution in [0.4, 0.5) is 0 Å². The normalized spacial score (nSPS) is 19.3. The van der Waals surface area contributed by atoms with Crippen LogP contribution in [0.15, 0.2) is 0 Å². The summed E-state index contributed by atoms with van der Waals surface area (Å²) < 4.78 is 0. The number of thiocarbonyl (C=S) groups is 1. The van der Waals surface area contributed by atoms with E-state index in [-0.39, 0.29) is 0 Å². The van der Waals surface area contributed by atoms with Crippen molar-refractivity contribution in [2.24, 2.45) is 0 Å². The summed E-state index contributed by atoms with van der Waals surface area (Å²) in [4.78, 5) is 10.6. The Kier molecular flexibility index (Phi) is 4.81. The summed E-state index contributed by atoms with van der Waals surface area (Å²) in [7, 11) is 0. The van der Waals surface area contributed by atoms with E-state index in [9.17, 15) is 4.79 Å². The van der Waals surface area contributed by atoms with E-state index in [4.69, 9.17) is 17.3 Å². The summed E-state index contributed by atoms with van der Waals surface area (Å²) in [5.74, 6) is -0.886. The van der Waals surface area contributed by atoms with Crippen LogP contribution in [0.5, 0.6) is 0 Å². The van der Waals surface area contributed by atoms with Gasteiger partial charge in [0.15, 0.2) is 5.11 Å². The van der Waals surface area contributed by atoms with Crippen LogP contribution in [-0.4, -0.2) is 28.3 Å². The Labute approximate surface area is 95.4 Å². The Balaban J connectivity index is 2.25. The Morgan fingerprint density at radius 1 is 1.40 bits per heavy atom. The zero-order valence-corrected chi connectivity index (χ0v) is 9.77. The van der Waals surface area contributed by atoms with Gasteiger partial charge in [0.1, 0.15) is 6.04 Å². The lowest BCUT2D eigenvalue weighted by Gasteiger charge is -2.25. The second kappa shape index (κ2) is 5.90. The molecule has 0 saturated heterocycles. The first kappa shape index (κ1) is 12.2. The standard InChI is InChI=1S/C10H18N2O2S/c1-7(9(13)14)11-10(15)12-8-5-3-2-4-6-8/h7-8H,2-6H2,1H3,(H,13,14)(H2,11,12,15)/t7-/m0/s1.